The summed E-state index contributed by atoms with van der Waals surface area (Å²) in [5, 5.41) is 8.20. The molecule has 0 saturated heterocycles. The van der Waals surface area contributed by atoms with Gasteiger partial charge in [0.25, 0.3) is 0 Å². The van der Waals surface area contributed by atoms with Crippen molar-refractivity contribution in [1.82, 2.24) is 29.5 Å². The molecule has 3 rings (SSSR count). The van der Waals surface area contributed by atoms with E-state index in [-0.39, 0.29) is 6.03 Å². The smallest absolute Gasteiger partial charge is 0.243 e. The second-order valence-electron chi connectivity index (χ2n) is 4.89. The summed E-state index contributed by atoms with van der Waals surface area (Å²) in [6.07, 6.45) is 4.83. The molecule has 0 aliphatic heterocycles. The van der Waals surface area contributed by atoms with Crippen molar-refractivity contribution >= 4 is 6.03 Å². The van der Waals surface area contributed by atoms with Gasteiger partial charge in [0.1, 0.15) is 18.5 Å². The lowest BCUT2D eigenvalue weighted by atomic mass is 10.1. The lowest BCUT2D eigenvalue weighted by molar-refractivity contribution is 0.237. The molecule has 22 heavy (non-hydrogen) atoms. The maximum Gasteiger partial charge on any atom is 0.372 e. The van der Waals surface area contributed by atoms with Gasteiger partial charge in [0.05, 0.1) is 0 Å². The lowest BCUT2D eigenvalue weighted by Crippen LogP contribution is -2.23. The molecular formula is C15H16N6O. The zero-order valence-electron chi connectivity index (χ0n) is 12.3. The van der Waals surface area contributed by atoms with Crippen LogP contribution >= 0.6 is 0 Å². The van der Waals surface area contributed by atoms with E-state index in [4.69, 9.17) is 0 Å². The highest BCUT2D eigenvalue weighted by molar-refractivity contribution is 5.77. The van der Waals surface area contributed by atoms with Crippen LogP contribution in [0.5, 0.6) is 0 Å². The highest BCUT2D eigenvalue weighted by Crippen LogP contribution is 2.09. The molecule has 0 unspecified atom stereocenters. The first-order valence-corrected chi connectivity index (χ1v) is 7.16. The second-order valence-corrected chi connectivity index (χ2v) is 4.89. The van der Waals surface area contributed by atoms with Crippen LogP contribution in [0.4, 0.5) is 4.79 Å². The molecule has 0 fully saturated rings. The summed E-state index contributed by atoms with van der Waals surface area (Å²) < 4.78 is 2.47. The third-order valence-corrected chi connectivity index (χ3v) is 3.19. The number of carbonyl (C=O) groups excluding carboxylic acids is 1. The summed E-state index contributed by atoms with van der Waals surface area (Å²) in [5.74, 6) is 1.28. The second kappa shape index (κ2) is 6.30. The molecule has 7 nitrogen and oxygen atoms in total. The summed E-state index contributed by atoms with van der Waals surface area (Å²) in [6, 6.07) is 9.57. The highest BCUT2D eigenvalue weighted by Gasteiger charge is 2.17. The number of aryl methyl sites for hydroxylation is 1. The van der Waals surface area contributed by atoms with Crippen LogP contribution in [0.15, 0.2) is 43.0 Å². The standard InChI is InChI=1S/C15H16N6O/c1-2-6-14-18-13(9-12-7-4-3-5-8-12)19-21(14)15(22)20-11-16-10-17-20/h3-5,7-8,10-11H,2,6,9H2,1H3. The molecule has 0 saturated carbocycles. The monoisotopic (exact) mass is 296 g/mol. The first-order chi connectivity index (χ1) is 10.8. The Kier molecular flexibility index (Phi) is 4.04. The molecule has 3 aromatic rings. The molecule has 0 spiro atoms. The van der Waals surface area contributed by atoms with Gasteiger partial charge >= 0.3 is 6.03 Å². The van der Waals surface area contributed by atoms with E-state index in [2.05, 4.69) is 20.2 Å². The molecule has 0 aliphatic rings. The predicted molar refractivity (Wildman–Crippen MR) is 79.5 cm³/mol. The predicted octanol–water partition coefficient (Wildman–Crippen LogP) is 1.93. The quantitative estimate of drug-likeness (QED) is 0.735. The van der Waals surface area contributed by atoms with Crippen LogP contribution in [-0.4, -0.2) is 35.6 Å². The Labute approximate surface area is 127 Å². The van der Waals surface area contributed by atoms with Crippen LogP contribution < -0.4 is 0 Å². The molecule has 0 aliphatic carbocycles. The van der Waals surface area contributed by atoms with Crippen molar-refractivity contribution in [3.63, 3.8) is 0 Å². The number of carbonyl (C=O) groups is 1. The molecule has 0 bridgehead atoms. The molecule has 1 aromatic carbocycles. The largest absolute Gasteiger partial charge is 0.372 e. The maximum absolute atomic E-state index is 12.4. The molecule has 0 amide bonds. The van der Waals surface area contributed by atoms with Gasteiger partial charge in [-0.25, -0.2) is 14.8 Å². The fraction of sp³-hybridized carbons (Fsp3) is 0.267. The Balaban J connectivity index is 1.90. The van der Waals surface area contributed by atoms with Gasteiger partial charge in [-0.05, 0) is 12.0 Å². The Morgan fingerprint density at radius 1 is 1.23 bits per heavy atom. The van der Waals surface area contributed by atoms with Crippen LogP contribution in [0.2, 0.25) is 0 Å². The number of rotatable bonds is 4. The fourth-order valence-corrected chi connectivity index (χ4v) is 2.19. The number of hydrogen-bond donors (Lipinski definition) is 0. The van der Waals surface area contributed by atoms with Gasteiger partial charge in [-0.2, -0.15) is 14.5 Å². The highest BCUT2D eigenvalue weighted by atomic mass is 16.2. The van der Waals surface area contributed by atoms with E-state index >= 15 is 0 Å². The number of benzene rings is 1. The summed E-state index contributed by atoms with van der Waals surface area (Å²) in [5.41, 5.74) is 1.11. The van der Waals surface area contributed by atoms with Crippen molar-refractivity contribution < 1.29 is 4.79 Å². The minimum atomic E-state index is -0.368. The fourth-order valence-electron chi connectivity index (χ4n) is 2.19. The van der Waals surface area contributed by atoms with Crippen LogP contribution in [-0.2, 0) is 12.8 Å². The summed E-state index contributed by atoms with van der Waals surface area (Å²) >= 11 is 0. The average Bonchev–Trinajstić information content (AvgIpc) is 3.18. The van der Waals surface area contributed by atoms with E-state index < -0.39 is 0 Å². The van der Waals surface area contributed by atoms with Gasteiger partial charge in [0.15, 0.2) is 5.82 Å². The van der Waals surface area contributed by atoms with Crippen molar-refractivity contribution in [1.29, 1.82) is 0 Å². The lowest BCUT2D eigenvalue weighted by Gasteiger charge is -2.02. The topological polar surface area (TPSA) is 78.5 Å². The van der Waals surface area contributed by atoms with Crippen LogP contribution in [0.25, 0.3) is 0 Å². The Morgan fingerprint density at radius 2 is 2.05 bits per heavy atom. The third kappa shape index (κ3) is 2.93. The first-order valence-electron chi connectivity index (χ1n) is 7.16. The Bertz CT molecular complexity index is 748. The number of aromatic nitrogens is 6. The molecular weight excluding hydrogens is 280 g/mol. The average molecular weight is 296 g/mol. The van der Waals surface area contributed by atoms with Gasteiger partial charge in [-0.15, -0.1) is 5.10 Å². The SMILES string of the molecule is CCCc1nc(Cc2ccccc2)nn1C(=O)n1cncn1. The van der Waals surface area contributed by atoms with Crippen LogP contribution in [0, 0.1) is 0 Å². The molecule has 0 atom stereocenters. The molecule has 0 N–H and O–H groups in total. The Morgan fingerprint density at radius 3 is 2.73 bits per heavy atom. The van der Waals surface area contributed by atoms with E-state index in [0.717, 1.165) is 16.7 Å². The third-order valence-electron chi connectivity index (χ3n) is 3.19. The number of hydrogen-bond acceptors (Lipinski definition) is 5. The van der Waals surface area contributed by atoms with E-state index in [1.807, 2.05) is 37.3 Å². The summed E-state index contributed by atoms with van der Waals surface area (Å²) in [7, 11) is 0. The Hall–Kier alpha value is -2.83. The van der Waals surface area contributed by atoms with Crippen molar-refractivity contribution in [3.05, 3.63) is 60.2 Å². The van der Waals surface area contributed by atoms with Crippen molar-refractivity contribution in [3.8, 4) is 0 Å². The van der Waals surface area contributed by atoms with E-state index in [1.165, 1.54) is 17.3 Å². The van der Waals surface area contributed by atoms with E-state index in [0.29, 0.717) is 24.5 Å². The van der Waals surface area contributed by atoms with Gasteiger partial charge in [-0.1, -0.05) is 37.3 Å². The zero-order chi connectivity index (χ0) is 15.4. The first kappa shape index (κ1) is 14.1. The van der Waals surface area contributed by atoms with Crippen molar-refractivity contribution in [2.75, 3.05) is 0 Å². The molecule has 2 aromatic heterocycles. The van der Waals surface area contributed by atoms with Gasteiger partial charge in [0.2, 0.25) is 0 Å². The minimum absolute atomic E-state index is 0.368. The van der Waals surface area contributed by atoms with E-state index in [9.17, 15) is 4.79 Å². The summed E-state index contributed by atoms with van der Waals surface area (Å²) in [6.45, 7) is 2.04. The minimum Gasteiger partial charge on any atom is -0.243 e. The van der Waals surface area contributed by atoms with Gasteiger partial charge in [0, 0.05) is 12.8 Å². The molecule has 2 heterocycles. The van der Waals surface area contributed by atoms with Crippen LogP contribution in [0.1, 0.15) is 30.6 Å². The molecule has 0 radical (unpaired) electrons. The molecule has 112 valence electrons. The van der Waals surface area contributed by atoms with Crippen molar-refractivity contribution in [2.45, 2.75) is 26.2 Å². The van der Waals surface area contributed by atoms with Crippen LogP contribution in [0.3, 0.4) is 0 Å². The molecule has 7 heteroatoms. The van der Waals surface area contributed by atoms with Gasteiger partial charge in [-0.3, -0.25) is 0 Å². The van der Waals surface area contributed by atoms with E-state index in [1.54, 1.807) is 0 Å². The van der Waals surface area contributed by atoms with Gasteiger partial charge < -0.3 is 0 Å². The summed E-state index contributed by atoms with van der Waals surface area (Å²) in [4.78, 5) is 20.7. The normalized spacial score (nSPS) is 10.8. The maximum atomic E-state index is 12.4. The van der Waals surface area contributed by atoms with Crippen molar-refractivity contribution in [2.24, 2.45) is 0 Å². The zero-order valence-corrected chi connectivity index (χ0v) is 12.3. The number of nitrogens with zero attached hydrogens (tertiary/aromatic N) is 6.